The second-order valence-corrected chi connectivity index (χ2v) is 4.21. The van der Waals surface area contributed by atoms with E-state index in [1.165, 1.54) is 0 Å². The summed E-state index contributed by atoms with van der Waals surface area (Å²) in [6.45, 7) is 1.94. The highest BCUT2D eigenvalue weighted by Crippen LogP contribution is 2.21. The van der Waals surface area contributed by atoms with Crippen LogP contribution in [0.25, 0.3) is 11.4 Å². The van der Waals surface area contributed by atoms with Crippen molar-refractivity contribution in [3.05, 3.63) is 40.6 Å². The number of benzene rings is 1. The van der Waals surface area contributed by atoms with E-state index in [9.17, 15) is 0 Å². The number of ether oxygens (including phenoxy) is 1. The third-order valence-electron chi connectivity index (χ3n) is 2.27. The van der Waals surface area contributed by atoms with Crippen molar-refractivity contribution in [3.8, 4) is 17.1 Å². The van der Waals surface area contributed by atoms with Gasteiger partial charge in [-0.2, -0.15) is 0 Å². The molecule has 0 aliphatic rings. The second kappa shape index (κ2) is 4.61. The second-order valence-electron chi connectivity index (χ2n) is 3.36. The molecule has 1 aromatic carbocycles. The van der Waals surface area contributed by atoms with Crippen molar-refractivity contribution in [2.45, 2.75) is 6.92 Å². The van der Waals surface area contributed by atoms with Crippen LogP contribution in [0.5, 0.6) is 5.75 Å². The number of aryl methyl sites for hydroxylation is 1. The van der Waals surface area contributed by atoms with E-state index in [-0.39, 0.29) is 0 Å². The smallest absolute Gasteiger partial charge is 0.159 e. The number of rotatable bonds is 2. The number of halogens is 1. The van der Waals surface area contributed by atoms with Gasteiger partial charge in [-0.05, 0) is 47.1 Å². The molecule has 0 fully saturated rings. The summed E-state index contributed by atoms with van der Waals surface area (Å²) in [7, 11) is 1.65. The normalized spacial score (nSPS) is 10.2. The standard InChI is InChI=1S/C12H11BrN2O/c1-8-11(13)7-14-12(15-8)9-3-5-10(16-2)6-4-9/h3-7H,1-2H3. The van der Waals surface area contributed by atoms with Gasteiger partial charge < -0.3 is 4.74 Å². The molecule has 0 saturated carbocycles. The summed E-state index contributed by atoms with van der Waals surface area (Å²) in [5.41, 5.74) is 1.91. The largest absolute Gasteiger partial charge is 0.497 e. The zero-order chi connectivity index (χ0) is 11.5. The van der Waals surface area contributed by atoms with Crippen LogP contribution in [0, 0.1) is 6.92 Å². The Hall–Kier alpha value is -1.42. The maximum Gasteiger partial charge on any atom is 0.159 e. The Morgan fingerprint density at radius 2 is 1.88 bits per heavy atom. The Bertz CT molecular complexity index is 497. The molecule has 0 aliphatic heterocycles. The lowest BCUT2D eigenvalue weighted by atomic mass is 10.2. The van der Waals surface area contributed by atoms with Gasteiger partial charge in [0.05, 0.1) is 17.3 Å². The summed E-state index contributed by atoms with van der Waals surface area (Å²) in [4.78, 5) is 8.67. The molecule has 3 nitrogen and oxygen atoms in total. The van der Waals surface area contributed by atoms with Gasteiger partial charge in [-0.15, -0.1) is 0 Å². The summed E-state index contributed by atoms with van der Waals surface area (Å²) < 4.78 is 6.02. The molecule has 0 bridgehead atoms. The van der Waals surface area contributed by atoms with Crippen molar-refractivity contribution in [1.29, 1.82) is 0 Å². The molecule has 0 saturated heterocycles. The minimum absolute atomic E-state index is 0.725. The summed E-state index contributed by atoms with van der Waals surface area (Å²) >= 11 is 3.38. The van der Waals surface area contributed by atoms with Crippen LogP contribution >= 0.6 is 15.9 Å². The quantitative estimate of drug-likeness (QED) is 0.846. The molecule has 16 heavy (non-hydrogen) atoms. The Morgan fingerprint density at radius 3 is 2.44 bits per heavy atom. The van der Waals surface area contributed by atoms with Crippen molar-refractivity contribution < 1.29 is 4.74 Å². The maximum atomic E-state index is 5.10. The monoisotopic (exact) mass is 278 g/mol. The van der Waals surface area contributed by atoms with Crippen molar-refractivity contribution in [2.24, 2.45) is 0 Å². The molecule has 0 atom stereocenters. The van der Waals surface area contributed by atoms with Crippen LogP contribution in [-0.2, 0) is 0 Å². The lowest BCUT2D eigenvalue weighted by Gasteiger charge is -2.04. The lowest BCUT2D eigenvalue weighted by Crippen LogP contribution is -1.92. The van der Waals surface area contributed by atoms with E-state index < -0.39 is 0 Å². The molecular weight excluding hydrogens is 268 g/mol. The van der Waals surface area contributed by atoms with Crippen molar-refractivity contribution in [2.75, 3.05) is 7.11 Å². The van der Waals surface area contributed by atoms with Gasteiger partial charge in [0, 0.05) is 11.8 Å². The van der Waals surface area contributed by atoms with Gasteiger partial charge >= 0.3 is 0 Å². The van der Waals surface area contributed by atoms with E-state index in [0.717, 1.165) is 27.3 Å². The predicted octanol–water partition coefficient (Wildman–Crippen LogP) is 3.22. The molecule has 2 rings (SSSR count). The lowest BCUT2D eigenvalue weighted by molar-refractivity contribution is 0.415. The summed E-state index contributed by atoms with van der Waals surface area (Å²) in [5, 5.41) is 0. The van der Waals surface area contributed by atoms with Crippen LogP contribution in [0.3, 0.4) is 0 Å². The fourth-order valence-corrected chi connectivity index (χ4v) is 1.52. The topological polar surface area (TPSA) is 35.0 Å². The molecule has 0 amide bonds. The van der Waals surface area contributed by atoms with Gasteiger partial charge in [0.2, 0.25) is 0 Å². The van der Waals surface area contributed by atoms with Crippen LogP contribution in [-0.4, -0.2) is 17.1 Å². The summed E-state index contributed by atoms with van der Waals surface area (Å²) in [6, 6.07) is 7.69. The highest BCUT2D eigenvalue weighted by atomic mass is 79.9. The molecule has 0 unspecified atom stereocenters. The zero-order valence-corrected chi connectivity index (χ0v) is 10.7. The Kier molecular flexibility index (Phi) is 3.19. The van der Waals surface area contributed by atoms with Crippen LogP contribution in [0.1, 0.15) is 5.69 Å². The minimum atomic E-state index is 0.725. The van der Waals surface area contributed by atoms with Crippen molar-refractivity contribution >= 4 is 15.9 Å². The number of aromatic nitrogens is 2. The van der Waals surface area contributed by atoms with Gasteiger partial charge in [0.25, 0.3) is 0 Å². The first-order chi connectivity index (χ1) is 7.70. The molecule has 2 aromatic rings. The first-order valence-electron chi connectivity index (χ1n) is 4.84. The SMILES string of the molecule is COc1ccc(-c2ncc(Br)c(C)n2)cc1. The van der Waals surface area contributed by atoms with Crippen LogP contribution < -0.4 is 4.74 Å². The number of hydrogen-bond donors (Lipinski definition) is 0. The Balaban J connectivity index is 2.38. The van der Waals surface area contributed by atoms with Crippen molar-refractivity contribution in [1.82, 2.24) is 9.97 Å². The first-order valence-corrected chi connectivity index (χ1v) is 5.63. The zero-order valence-electron chi connectivity index (χ0n) is 9.07. The highest BCUT2D eigenvalue weighted by Gasteiger charge is 2.03. The molecule has 0 aliphatic carbocycles. The number of nitrogens with zero attached hydrogens (tertiary/aromatic N) is 2. The fourth-order valence-electron chi connectivity index (χ4n) is 1.33. The maximum absolute atomic E-state index is 5.10. The Labute approximate surface area is 103 Å². The number of hydrogen-bond acceptors (Lipinski definition) is 3. The summed E-state index contributed by atoms with van der Waals surface area (Å²) in [6.07, 6.45) is 1.77. The summed E-state index contributed by atoms with van der Waals surface area (Å²) in [5.74, 6) is 1.56. The van der Waals surface area contributed by atoms with Gasteiger partial charge in [-0.3, -0.25) is 0 Å². The molecule has 1 heterocycles. The molecular formula is C12H11BrN2O. The molecule has 0 radical (unpaired) electrons. The van der Waals surface area contributed by atoms with E-state index >= 15 is 0 Å². The third-order valence-corrected chi connectivity index (χ3v) is 3.05. The van der Waals surface area contributed by atoms with Crippen LogP contribution in [0.15, 0.2) is 34.9 Å². The van der Waals surface area contributed by atoms with E-state index in [0.29, 0.717) is 0 Å². The molecule has 0 spiro atoms. The van der Waals surface area contributed by atoms with Gasteiger partial charge in [0.15, 0.2) is 5.82 Å². The molecule has 1 aromatic heterocycles. The van der Waals surface area contributed by atoms with Crippen molar-refractivity contribution in [3.63, 3.8) is 0 Å². The molecule has 4 heteroatoms. The van der Waals surface area contributed by atoms with Crippen LogP contribution in [0.2, 0.25) is 0 Å². The molecule has 82 valence electrons. The average Bonchev–Trinajstić information content (AvgIpc) is 2.33. The third kappa shape index (κ3) is 2.22. The highest BCUT2D eigenvalue weighted by molar-refractivity contribution is 9.10. The van der Waals surface area contributed by atoms with E-state index in [1.54, 1.807) is 13.3 Å². The van der Waals surface area contributed by atoms with E-state index in [2.05, 4.69) is 25.9 Å². The fraction of sp³-hybridized carbons (Fsp3) is 0.167. The predicted molar refractivity (Wildman–Crippen MR) is 66.5 cm³/mol. The average molecular weight is 279 g/mol. The van der Waals surface area contributed by atoms with Gasteiger partial charge in [-0.1, -0.05) is 0 Å². The number of methoxy groups -OCH3 is 1. The Morgan fingerprint density at radius 1 is 1.19 bits per heavy atom. The van der Waals surface area contributed by atoms with E-state index in [1.807, 2.05) is 31.2 Å². The minimum Gasteiger partial charge on any atom is -0.497 e. The van der Waals surface area contributed by atoms with Gasteiger partial charge in [-0.25, -0.2) is 9.97 Å². The van der Waals surface area contributed by atoms with Crippen LogP contribution in [0.4, 0.5) is 0 Å². The molecule has 0 N–H and O–H groups in total. The first kappa shape index (κ1) is 11.1. The van der Waals surface area contributed by atoms with E-state index in [4.69, 9.17) is 4.74 Å². The van der Waals surface area contributed by atoms with Gasteiger partial charge in [0.1, 0.15) is 5.75 Å².